The number of amides is 1. The Bertz CT molecular complexity index is 1150. The predicted octanol–water partition coefficient (Wildman–Crippen LogP) is 6.16. The van der Waals surface area contributed by atoms with Crippen molar-refractivity contribution in [3.63, 3.8) is 0 Å². The molecule has 1 amide bonds. The van der Waals surface area contributed by atoms with Gasteiger partial charge in [0.1, 0.15) is 0 Å². The standard InChI is InChI=1S/C22H13ClF6N2O3/c23-16-5-1-14(2-6-16)19(33)34-20(21(24,25)26,22(27,28)29)15-3-7-17(8-4-15)31-18(32)13-9-11-30-12-10-13/h1-12H,(H,31,32). The molecule has 0 saturated heterocycles. The number of aromatic nitrogens is 1. The largest absolute Gasteiger partial charge is 0.442 e. The molecule has 12 heteroatoms. The number of carbonyl (C=O) groups is 2. The van der Waals surface area contributed by atoms with Crippen LogP contribution in [0.4, 0.5) is 32.0 Å². The number of hydrogen-bond donors (Lipinski definition) is 1. The molecule has 3 rings (SSSR count). The molecular formula is C22H13ClF6N2O3. The minimum absolute atomic E-state index is 0.0900. The highest BCUT2D eigenvalue weighted by Crippen LogP contribution is 2.53. The summed E-state index contributed by atoms with van der Waals surface area (Å²) in [7, 11) is 0. The van der Waals surface area contributed by atoms with Crippen molar-refractivity contribution in [3.8, 4) is 0 Å². The summed E-state index contributed by atoms with van der Waals surface area (Å²) in [6.45, 7) is 0. The summed E-state index contributed by atoms with van der Waals surface area (Å²) in [5, 5.41) is 2.45. The fraction of sp³-hybridized carbons (Fsp3) is 0.136. The number of alkyl halides is 6. The SMILES string of the molecule is O=C(Nc1ccc(C(OC(=O)c2ccc(Cl)cc2)(C(F)(F)F)C(F)(F)F)cc1)c1ccncc1. The van der Waals surface area contributed by atoms with Crippen LogP contribution >= 0.6 is 11.6 Å². The number of esters is 1. The van der Waals surface area contributed by atoms with Gasteiger partial charge in [-0.3, -0.25) is 9.78 Å². The number of hydrogen-bond acceptors (Lipinski definition) is 4. The van der Waals surface area contributed by atoms with Crippen LogP contribution in [0.25, 0.3) is 0 Å². The van der Waals surface area contributed by atoms with Gasteiger partial charge in [0.15, 0.2) is 0 Å². The van der Waals surface area contributed by atoms with Crippen LogP contribution in [0.1, 0.15) is 26.3 Å². The Balaban J connectivity index is 1.98. The molecule has 1 heterocycles. The zero-order valence-electron chi connectivity index (χ0n) is 16.7. The zero-order valence-corrected chi connectivity index (χ0v) is 17.5. The third-order valence-corrected chi connectivity index (χ3v) is 4.87. The van der Waals surface area contributed by atoms with Gasteiger partial charge in [-0.2, -0.15) is 26.3 Å². The van der Waals surface area contributed by atoms with E-state index in [1.54, 1.807) is 0 Å². The van der Waals surface area contributed by atoms with E-state index in [-0.39, 0.29) is 16.3 Å². The number of nitrogens with one attached hydrogen (secondary N) is 1. The lowest BCUT2D eigenvalue weighted by molar-refractivity contribution is -0.373. The van der Waals surface area contributed by atoms with Gasteiger partial charge >= 0.3 is 23.9 Å². The number of anilines is 1. The van der Waals surface area contributed by atoms with Crippen LogP contribution in [0.2, 0.25) is 5.02 Å². The summed E-state index contributed by atoms with van der Waals surface area (Å²) in [5.41, 5.74) is -6.87. The zero-order chi connectivity index (χ0) is 25.1. The number of ether oxygens (including phenoxy) is 1. The first-order chi connectivity index (χ1) is 15.8. The molecule has 1 N–H and O–H groups in total. The molecule has 0 aliphatic carbocycles. The van der Waals surface area contributed by atoms with Crippen molar-refractivity contribution < 1.29 is 40.7 Å². The Hall–Kier alpha value is -3.60. The lowest BCUT2D eigenvalue weighted by Gasteiger charge is -2.36. The van der Waals surface area contributed by atoms with Crippen molar-refractivity contribution in [1.29, 1.82) is 0 Å². The average molecular weight is 503 g/mol. The van der Waals surface area contributed by atoms with E-state index in [0.29, 0.717) is 12.1 Å². The first-order valence-electron chi connectivity index (χ1n) is 9.29. The Morgan fingerprint density at radius 3 is 1.79 bits per heavy atom. The Kier molecular flexibility index (Phi) is 6.87. The van der Waals surface area contributed by atoms with E-state index in [1.165, 1.54) is 24.5 Å². The molecule has 2 aromatic carbocycles. The molecule has 5 nitrogen and oxygen atoms in total. The number of carbonyl (C=O) groups excluding carboxylic acids is 2. The second-order valence-electron chi connectivity index (χ2n) is 6.84. The first-order valence-corrected chi connectivity index (χ1v) is 9.67. The maximum absolute atomic E-state index is 13.9. The van der Waals surface area contributed by atoms with Crippen LogP contribution in [0.5, 0.6) is 0 Å². The highest BCUT2D eigenvalue weighted by molar-refractivity contribution is 6.30. The molecule has 0 spiro atoms. The molecule has 1 aromatic heterocycles. The summed E-state index contributed by atoms with van der Waals surface area (Å²) in [5.74, 6) is -2.52. The maximum atomic E-state index is 13.9. The molecule has 34 heavy (non-hydrogen) atoms. The second-order valence-corrected chi connectivity index (χ2v) is 7.28. The molecule has 0 aliphatic rings. The van der Waals surface area contributed by atoms with Crippen LogP contribution in [0.3, 0.4) is 0 Å². The summed E-state index contributed by atoms with van der Waals surface area (Å²) in [4.78, 5) is 28.2. The highest BCUT2D eigenvalue weighted by Gasteiger charge is 2.75. The van der Waals surface area contributed by atoms with E-state index < -0.39 is 41.0 Å². The Morgan fingerprint density at radius 2 is 1.29 bits per heavy atom. The van der Waals surface area contributed by atoms with Gasteiger partial charge in [-0.15, -0.1) is 0 Å². The maximum Gasteiger partial charge on any atom is 0.442 e. The van der Waals surface area contributed by atoms with Crippen LogP contribution in [0.15, 0.2) is 73.1 Å². The molecule has 0 fully saturated rings. The Morgan fingerprint density at radius 1 is 0.765 bits per heavy atom. The van der Waals surface area contributed by atoms with Gasteiger partial charge in [0.05, 0.1) is 5.56 Å². The number of pyridine rings is 1. The van der Waals surface area contributed by atoms with Crippen LogP contribution in [-0.4, -0.2) is 29.2 Å². The third-order valence-electron chi connectivity index (χ3n) is 4.62. The topological polar surface area (TPSA) is 68.3 Å². The van der Waals surface area contributed by atoms with Crippen molar-refractivity contribution in [2.45, 2.75) is 18.0 Å². The fourth-order valence-electron chi connectivity index (χ4n) is 2.94. The van der Waals surface area contributed by atoms with Crippen LogP contribution in [0, 0.1) is 0 Å². The molecular weight excluding hydrogens is 490 g/mol. The molecule has 0 saturated carbocycles. The monoisotopic (exact) mass is 502 g/mol. The number of rotatable bonds is 5. The molecule has 178 valence electrons. The van der Waals surface area contributed by atoms with Crippen LogP contribution in [-0.2, 0) is 10.3 Å². The summed E-state index contributed by atoms with van der Waals surface area (Å²) in [6, 6.07) is 9.41. The molecule has 0 bridgehead atoms. The molecule has 0 aliphatic heterocycles. The van der Waals surface area contributed by atoms with E-state index in [0.717, 1.165) is 36.4 Å². The average Bonchev–Trinajstić information content (AvgIpc) is 2.77. The smallest absolute Gasteiger partial charge is 0.431 e. The van der Waals surface area contributed by atoms with E-state index >= 15 is 0 Å². The number of halogens is 7. The van der Waals surface area contributed by atoms with Crippen LogP contribution < -0.4 is 5.32 Å². The van der Waals surface area contributed by atoms with Gasteiger partial charge in [-0.05, 0) is 48.5 Å². The predicted molar refractivity (Wildman–Crippen MR) is 109 cm³/mol. The van der Waals surface area contributed by atoms with Crippen molar-refractivity contribution in [3.05, 3.63) is 94.8 Å². The summed E-state index contributed by atoms with van der Waals surface area (Å²) in [6.07, 6.45) is -9.49. The van der Waals surface area contributed by atoms with E-state index in [4.69, 9.17) is 11.6 Å². The normalized spacial score (nSPS) is 12.2. The van der Waals surface area contributed by atoms with Gasteiger partial charge in [0, 0.05) is 34.2 Å². The summed E-state index contributed by atoms with van der Waals surface area (Å²) < 4.78 is 87.8. The van der Waals surface area contributed by atoms with Gasteiger partial charge < -0.3 is 10.1 Å². The van der Waals surface area contributed by atoms with Crippen molar-refractivity contribution >= 4 is 29.2 Å². The van der Waals surface area contributed by atoms with E-state index in [1.807, 2.05) is 0 Å². The van der Waals surface area contributed by atoms with E-state index in [9.17, 15) is 35.9 Å². The molecule has 0 atom stereocenters. The molecule has 0 radical (unpaired) electrons. The first kappa shape index (κ1) is 25.0. The van der Waals surface area contributed by atoms with Gasteiger partial charge in [-0.25, -0.2) is 4.79 Å². The minimum Gasteiger partial charge on any atom is -0.431 e. The lowest BCUT2D eigenvalue weighted by Crippen LogP contribution is -2.56. The molecule has 3 aromatic rings. The number of benzene rings is 2. The summed E-state index contributed by atoms with van der Waals surface area (Å²) >= 11 is 5.64. The van der Waals surface area contributed by atoms with Crippen molar-refractivity contribution in [1.82, 2.24) is 4.98 Å². The van der Waals surface area contributed by atoms with Gasteiger partial charge in [0.25, 0.3) is 5.91 Å². The van der Waals surface area contributed by atoms with Gasteiger partial charge in [0.2, 0.25) is 0 Å². The molecule has 0 unspecified atom stereocenters. The number of nitrogens with zero attached hydrogens (tertiary/aromatic N) is 1. The lowest BCUT2D eigenvalue weighted by atomic mass is 9.91. The highest BCUT2D eigenvalue weighted by atomic mass is 35.5. The van der Waals surface area contributed by atoms with E-state index in [2.05, 4.69) is 15.0 Å². The van der Waals surface area contributed by atoms with Crippen molar-refractivity contribution in [2.75, 3.05) is 5.32 Å². The second kappa shape index (κ2) is 9.34. The Labute approximate surface area is 193 Å². The van der Waals surface area contributed by atoms with Gasteiger partial charge in [-0.1, -0.05) is 23.7 Å². The third kappa shape index (κ3) is 4.98. The minimum atomic E-state index is -6.07. The van der Waals surface area contributed by atoms with Crippen molar-refractivity contribution in [2.24, 2.45) is 0 Å². The fourth-order valence-corrected chi connectivity index (χ4v) is 3.07. The quantitative estimate of drug-likeness (QED) is 0.335.